The van der Waals surface area contributed by atoms with Gasteiger partial charge in [0.05, 0.1) is 11.7 Å². The van der Waals surface area contributed by atoms with E-state index in [0.29, 0.717) is 11.3 Å². The summed E-state index contributed by atoms with van der Waals surface area (Å²) in [5.41, 5.74) is 3.41. The molecule has 1 atom stereocenters. The number of carbonyl (C=O) groups excluding carboxylic acids is 2. The van der Waals surface area contributed by atoms with E-state index in [1.807, 2.05) is 44.2 Å². The number of esters is 1. The van der Waals surface area contributed by atoms with Crippen LogP contribution in [0.15, 0.2) is 47.4 Å². The minimum absolute atomic E-state index is 0.234. The first-order valence-electron chi connectivity index (χ1n) is 9.40. The predicted molar refractivity (Wildman–Crippen MR) is 111 cm³/mol. The molecule has 0 radical (unpaired) electrons. The average Bonchev–Trinajstić information content (AvgIpc) is 3.21. The zero-order chi connectivity index (χ0) is 19.9. The van der Waals surface area contributed by atoms with Gasteiger partial charge < -0.3 is 14.8 Å². The highest BCUT2D eigenvalue weighted by Crippen LogP contribution is 2.27. The summed E-state index contributed by atoms with van der Waals surface area (Å²) in [6, 6.07) is 13.0. The van der Waals surface area contributed by atoms with Crippen LogP contribution >= 0.6 is 11.8 Å². The molecular weight excluding hydrogens is 374 g/mol. The van der Waals surface area contributed by atoms with Crippen LogP contribution in [-0.2, 0) is 14.3 Å². The van der Waals surface area contributed by atoms with Gasteiger partial charge in [-0.05, 0) is 62.1 Å². The van der Waals surface area contributed by atoms with E-state index in [1.54, 1.807) is 23.9 Å². The highest BCUT2D eigenvalue weighted by Gasteiger charge is 2.19. The number of hydrogen-bond acceptors (Lipinski definition) is 5. The molecule has 1 N–H and O–H groups in total. The van der Waals surface area contributed by atoms with Crippen molar-refractivity contribution in [3.8, 4) is 0 Å². The molecule has 2 aromatic rings. The number of hydrogen-bond donors (Lipinski definition) is 1. The lowest BCUT2D eigenvalue weighted by Gasteiger charge is -2.12. The number of anilines is 1. The quantitative estimate of drug-likeness (QED) is 0.553. The Labute approximate surface area is 169 Å². The summed E-state index contributed by atoms with van der Waals surface area (Å²) in [4.78, 5) is 25.4. The number of aryl methyl sites for hydroxylation is 2. The van der Waals surface area contributed by atoms with E-state index in [2.05, 4.69) is 5.32 Å². The summed E-state index contributed by atoms with van der Waals surface area (Å²) in [5.74, 6) is -0.0517. The van der Waals surface area contributed by atoms with Crippen molar-refractivity contribution in [2.45, 2.75) is 37.7 Å². The Bertz CT molecular complexity index is 846. The predicted octanol–water partition coefficient (Wildman–Crippen LogP) is 4.37. The molecule has 1 amide bonds. The van der Waals surface area contributed by atoms with Crippen LogP contribution in [-0.4, -0.2) is 36.9 Å². The van der Waals surface area contributed by atoms with Crippen LogP contribution in [0.5, 0.6) is 0 Å². The zero-order valence-corrected chi connectivity index (χ0v) is 17.0. The normalized spacial score (nSPS) is 16.0. The van der Waals surface area contributed by atoms with Gasteiger partial charge in [-0.3, -0.25) is 4.79 Å². The van der Waals surface area contributed by atoms with Gasteiger partial charge in [-0.1, -0.05) is 18.2 Å². The zero-order valence-electron chi connectivity index (χ0n) is 16.2. The highest BCUT2D eigenvalue weighted by molar-refractivity contribution is 7.99. The fourth-order valence-corrected chi connectivity index (χ4v) is 4.05. The molecule has 28 heavy (non-hydrogen) atoms. The molecule has 0 unspecified atom stereocenters. The number of rotatable bonds is 7. The van der Waals surface area contributed by atoms with Crippen molar-refractivity contribution >= 4 is 29.3 Å². The lowest BCUT2D eigenvalue weighted by molar-refractivity contribution is -0.119. The van der Waals surface area contributed by atoms with Gasteiger partial charge in [0.25, 0.3) is 5.91 Å². The van der Waals surface area contributed by atoms with E-state index in [-0.39, 0.29) is 18.6 Å². The second kappa shape index (κ2) is 9.75. The monoisotopic (exact) mass is 399 g/mol. The molecule has 148 valence electrons. The Kier molecular flexibility index (Phi) is 7.12. The van der Waals surface area contributed by atoms with Crippen LogP contribution in [0.3, 0.4) is 0 Å². The van der Waals surface area contributed by atoms with Crippen molar-refractivity contribution in [3.05, 3.63) is 59.2 Å². The second-order valence-corrected chi connectivity index (χ2v) is 7.93. The summed E-state index contributed by atoms with van der Waals surface area (Å²) < 4.78 is 10.9. The minimum atomic E-state index is -0.495. The first-order valence-corrected chi connectivity index (χ1v) is 10.4. The summed E-state index contributed by atoms with van der Waals surface area (Å²) >= 11 is 1.59. The summed E-state index contributed by atoms with van der Waals surface area (Å²) in [7, 11) is 0. The number of benzene rings is 2. The first-order chi connectivity index (χ1) is 13.5. The molecule has 1 aliphatic rings. The average molecular weight is 400 g/mol. The van der Waals surface area contributed by atoms with Gasteiger partial charge in [0.2, 0.25) is 0 Å². The van der Waals surface area contributed by atoms with Crippen LogP contribution in [0.1, 0.15) is 34.3 Å². The number of nitrogens with one attached hydrogen (secondary N) is 1. The van der Waals surface area contributed by atoms with E-state index < -0.39 is 5.97 Å². The molecule has 1 heterocycles. The Morgan fingerprint density at radius 2 is 2.00 bits per heavy atom. The molecule has 5 nitrogen and oxygen atoms in total. The number of thioether (sulfide) groups is 1. The summed E-state index contributed by atoms with van der Waals surface area (Å²) in [5, 5.41) is 2.76. The minimum Gasteiger partial charge on any atom is -0.452 e. The van der Waals surface area contributed by atoms with Crippen LogP contribution in [0, 0.1) is 13.8 Å². The number of ether oxygens (including phenoxy) is 2. The van der Waals surface area contributed by atoms with Gasteiger partial charge in [-0.2, -0.15) is 0 Å². The maximum absolute atomic E-state index is 12.5. The number of carbonyl (C=O) groups is 2. The van der Waals surface area contributed by atoms with Gasteiger partial charge in [0, 0.05) is 22.9 Å². The molecule has 0 aliphatic carbocycles. The van der Waals surface area contributed by atoms with Crippen LogP contribution in [0.4, 0.5) is 5.69 Å². The maximum atomic E-state index is 12.5. The standard InChI is InChI=1S/C22H25NO4S/c1-15-9-10-17(12-16(15)2)23-21(24)13-27-22(25)19-7-3-4-8-20(19)28-14-18-6-5-11-26-18/h3-4,7-10,12,18H,5-6,11,13-14H2,1-2H3,(H,23,24)/t18-/m1/s1. The third-order valence-corrected chi connectivity index (χ3v) is 5.89. The molecule has 0 spiro atoms. The van der Waals surface area contributed by atoms with Gasteiger partial charge in [0.15, 0.2) is 6.61 Å². The van der Waals surface area contributed by atoms with Gasteiger partial charge in [-0.15, -0.1) is 11.8 Å². The molecule has 6 heteroatoms. The lowest BCUT2D eigenvalue weighted by atomic mass is 10.1. The topological polar surface area (TPSA) is 64.6 Å². The van der Waals surface area contributed by atoms with Crippen molar-refractivity contribution in [2.24, 2.45) is 0 Å². The van der Waals surface area contributed by atoms with E-state index in [4.69, 9.17) is 9.47 Å². The van der Waals surface area contributed by atoms with Gasteiger partial charge >= 0.3 is 5.97 Å². The molecular formula is C22H25NO4S. The molecule has 2 aromatic carbocycles. The fraction of sp³-hybridized carbons (Fsp3) is 0.364. The first kappa shape index (κ1) is 20.4. The molecule has 3 rings (SSSR count). The Hall–Kier alpha value is -2.31. The Balaban J connectivity index is 1.53. The summed E-state index contributed by atoms with van der Waals surface area (Å²) in [6.07, 6.45) is 2.38. The molecule has 1 aliphatic heterocycles. The van der Waals surface area contributed by atoms with Crippen molar-refractivity contribution in [3.63, 3.8) is 0 Å². The highest BCUT2D eigenvalue weighted by atomic mass is 32.2. The van der Waals surface area contributed by atoms with Crippen molar-refractivity contribution in [1.82, 2.24) is 0 Å². The SMILES string of the molecule is Cc1ccc(NC(=O)COC(=O)c2ccccc2SC[C@H]2CCCO2)cc1C. The lowest BCUT2D eigenvalue weighted by Crippen LogP contribution is -2.21. The van der Waals surface area contributed by atoms with E-state index in [9.17, 15) is 9.59 Å². The van der Waals surface area contributed by atoms with Crippen molar-refractivity contribution in [2.75, 3.05) is 24.3 Å². The van der Waals surface area contributed by atoms with E-state index in [0.717, 1.165) is 41.2 Å². The Morgan fingerprint density at radius 1 is 1.18 bits per heavy atom. The van der Waals surface area contributed by atoms with Crippen LogP contribution in [0.2, 0.25) is 0 Å². The smallest absolute Gasteiger partial charge is 0.339 e. The molecule has 0 bridgehead atoms. The third-order valence-electron chi connectivity index (χ3n) is 4.68. The molecule has 0 saturated carbocycles. The van der Waals surface area contributed by atoms with Crippen molar-refractivity contribution < 1.29 is 19.1 Å². The fourth-order valence-electron chi connectivity index (χ4n) is 2.94. The van der Waals surface area contributed by atoms with Gasteiger partial charge in [-0.25, -0.2) is 4.79 Å². The van der Waals surface area contributed by atoms with E-state index in [1.165, 1.54) is 0 Å². The third kappa shape index (κ3) is 5.59. The number of amides is 1. The van der Waals surface area contributed by atoms with Crippen LogP contribution < -0.4 is 5.32 Å². The largest absolute Gasteiger partial charge is 0.452 e. The second-order valence-electron chi connectivity index (χ2n) is 6.87. The summed E-state index contributed by atoms with van der Waals surface area (Å²) in [6.45, 7) is 4.48. The molecule has 0 aromatic heterocycles. The van der Waals surface area contributed by atoms with Crippen LogP contribution in [0.25, 0.3) is 0 Å². The molecule has 1 saturated heterocycles. The Morgan fingerprint density at radius 3 is 2.75 bits per heavy atom. The molecule has 1 fully saturated rings. The maximum Gasteiger partial charge on any atom is 0.339 e. The van der Waals surface area contributed by atoms with Gasteiger partial charge in [0.1, 0.15) is 0 Å². The van der Waals surface area contributed by atoms with Crippen molar-refractivity contribution in [1.29, 1.82) is 0 Å². The van der Waals surface area contributed by atoms with E-state index >= 15 is 0 Å².